The van der Waals surface area contributed by atoms with E-state index in [4.69, 9.17) is 10.00 Å². The topological polar surface area (TPSA) is 78.8 Å². The number of hydrogen-bond donors (Lipinski definition) is 1. The SMILES string of the molecule is N#Cc1cccc(Oc2cc(Cc3ccc(=O)[nH]n3)ccc2I)c1. The first-order chi connectivity index (χ1) is 11.6. The summed E-state index contributed by atoms with van der Waals surface area (Å²) < 4.78 is 6.88. The van der Waals surface area contributed by atoms with Crippen molar-refractivity contribution in [2.75, 3.05) is 0 Å². The zero-order valence-corrected chi connectivity index (χ0v) is 14.6. The summed E-state index contributed by atoms with van der Waals surface area (Å²) in [6, 6.07) is 18.2. The summed E-state index contributed by atoms with van der Waals surface area (Å²) in [4.78, 5) is 11.1. The second-order valence-electron chi connectivity index (χ2n) is 5.10. The molecule has 0 atom stereocenters. The van der Waals surface area contributed by atoms with Gasteiger partial charge in [0.2, 0.25) is 0 Å². The summed E-state index contributed by atoms with van der Waals surface area (Å²) in [5.74, 6) is 1.33. The number of nitrogens with one attached hydrogen (secondary N) is 1. The van der Waals surface area contributed by atoms with Crippen molar-refractivity contribution >= 4 is 22.6 Å². The summed E-state index contributed by atoms with van der Waals surface area (Å²) in [7, 11) is 0. The highest BCUT2D eigenvalue weighted by molar-refractivity contribution is 14.1. The van der Waals surface area contributed by atoms with Gasteiger partial charge in [0.05, 0.1) is 20.9 Å². The van der Waals surface area contributed by atoms with Crippen LogP contribution in [0.15, 0.2) is 59.4 Å². The third kappa shape index (κ3) is 4.00. The molecule has 1 heterocycles. The van der Waals surface area contributed by atoms with Gasteiger partial charge >= 0.3 is 0 Å². The molecule has 0 spiro atoms. The fourth-order valence-electron chi connectivity index (χ4n) is 2.17. The van der Waals surface area contributed by atoms with Gasteiger partial charge in [-0.1, -0.05) is 12.1 Å². The largest absolute Gasteiger partial charge is 0.456 e. The molecule has 0 aliphatic heterocycles. The number of ether oxygens (including phenoxy) is 1. The van der Waals surface area contributed by atoms with E-state index < -0.39 is 0 Å². The van der Waals surface area contributed by atoms with E-state index in [2.05, 4.69) is 38.9 Å². The molecule has 0 fully saturated rings. The third-order valence-corrected chi connectivity index (χ3v) is 4.20. The van der Waals surface area contributed by atoms with Gasteiger partial charge in [-0.15, -0.1) is 0 Å². The normalized spacial score (nSPS) is 10.2. The predicted octanol–water partition coefficient (Wildman–Crippen LogP) is 3.63. The first-order valence-corrected chi connectivity index (χ1v) is 8.23. The molecule has 3 aromatic rings. The molecular weight excluding hydrogens is 417 g/mol. The minimum atomic E-state index is -0.220. The molecule has 0 saturated carbocycles. The van der Waals surface area contributed by atoms with Crippen LogP contribution in [0.4, 0.5) is 0 Å². The number of nitrogens with zero attached hydrogens (tertiary/aromatic N) is 2. The van der Waals surface area contributed by atoms with Crippen LogP contribution in [-0.2, 0) is 6.42 Å². The molecule has 118 valence electrons. The molecule has 6 heteroatoms. The van der Waals surface area contributed by atoms with Crippen LogP contribution in [0, 0.1) is 14.9 Å². The molecule has 1 N–H and O–H groups in total. The van der Waals surface area contributed by atoms with E-state index in [9.17, 15) is 4.79 Å². The molecule has 3 rings (SSSR count). The zero-order valence-electron chi connectivity index (χ0n) is 12.5. The number of nitriles is 1. The summed E-state index contributed by atoms with van der Waals surface area (Å²) in [5.41, 5.74) is 2.12. The first kappa shape index (κ1) is 16.2. The molecule has 1 aromatic heterocycles. The van der Waals surface area contributed by atoms with Crippen LogP contribution in [0.25, 0.3) is 0 Å². The number of rotatable bonds is 4. The quantitative estimate of drug-likeness (QED) is 0.643. The van der Waals surface area contributed by atoms with Crippen LogP contribution in [-0.4, -0.2) is 10.2 Å². The van der Waals surface area contributed by atoms with Crippen molar-refractivity contribution in [1.29, 1.82) is 5.26 Å². The van der Waals surface area contributed by atoms with E-state index in [1.807, 2.05) is 24.3 Å². The minimum absolute atomic E-state index is 0.220. The van der Waals surface area contributed by atoms with Crippen LogP contribution < -0.4 is 10.3 Å². The van der Waals surface area contributed by atoms with Crippen LogP contribution in [0.3, 0.4) is 0 Å². The van der Waals surface area contributed by atoms with Crippen LogP contribution >= 0.6 is 22.6 Å². The molecule has 0 aliphatic carbocycles. The van der Waals surface area contributed by atoms with Crippen molar-refractivity contribution in [3.05, 3.63) is 85.3 Å². The summed E-state index contributed by atoms with van der Waals surface area (Å²) in [5, 5.41) is 15.4. The van der Waals surface area contributed by atoms with Gasteiger partial charge in [0, 0.05) is 12.5 Å². The maximum Gasteiger partial charge on any atom is 0.264 e. The Kier molecular flexibility index (Phi) is 4.91. The van der Waals surface area contributed by atoms with E-state index in [1.165, 1.54) is 6.07 Å². The molecule has 0 bridgehead atoms. The molecule has 0 amide bonds. The van der Waals surface area contributed by atoms with Gasteiger partial charge in [-0.2, -0.15) is 10.4 Å². The standard InChI is InChI=1S/C18H12IN3O2/c19-16-6-4-12(8-14-5-7-18(23)22-21-14)10-17(16)24-15-3-1-2-13(9-15)11-20/h1-7,9-10H,8H2,(H,22,23). The summed E-state index contributed by atoms with van der Waals surface area (Å²) in [6.45, 7) is 0. The van der Waals surface area contributed by atoms with Crippen molar-refractivity contribution in [3.8, 4) is 17.6 Å². The molecule has 24 heavy (non-hydrogen) atoms. The van der Waals surface area contributed by atoms with Gasteiger partial charge in [-0.05, 0) is 64.6 Å². The maximum atomic E-state index is 11.1. The number of benzene rings is 2. The number of H-pyrrole nitrogens is 1. The Morgan fingerprint density at radius 2 is 2.04 bits per heavy atom. The summed E-state index contributed by atoms with van der Waals surface area (Å²) >= 11 is 2.20. The van der Waals surface area contributed by atoms with Crippen molar-refractivity contribution < 1.29 is 4.74 Å². The third-order valence-electron chi connectivity index (χ3n) is 3.31. The first-order valence-electron chi connectivity index (χ1n) is 7.15. The van der Waals surface area contributed by atoms with Gasteiger partial charge in [-0.25, -0.2) is 5.10 Å². The van der Waals surface area contributed by atoms with E-state index in [-0.39, 0.29) is 5.56 Å². The zero-order chi connectivity index (χ0) is 16.9. The van der Waals surface area contributed by atoms with Gasteiger partial charge in [-0.3, -0.25) is 4.79 Å². The smallest absolute Gasteiger partial charge is 0.264 e. The lowest BCUT2D eigenvalue weighted by Gasteiger charge is -2.10. The predicted molar refractivity (Wildman–Crippen MR) is 98.1 cm³/mol. The van der Waals surface area contributed by atoms with E-state index >= 15 is 0 Å². The average molecular weight is 429 g/mol. The Morgan fingerprint density at radius 1 is 1.17 bits per heavy atom. The van der Waals surface area contributed by atoms with Gasteiger partial charge in [0.1, 0.15) is 11.5 Å². The lowest BCUT2D eigenvalue weighted by Crippen LogP contribution is -2.07. The van der Waals surface area contributed by atoms with Gasteiger partial charge in [0.15, 0.2) is 0 Å². The van der Waals surface area contributed by atoms with Gasteiger partial charge < -0.3 is 4.74 Å². The number of aromatic nitrogens is 2. The number of hydrogen-bond acceptors (Lipinski definition) is 4. The Hall–Kier alpha value is -2.66. The van der Waals surface area contributed by atoms with Crippen molar-refractivity contribution in [2.45, 2.75) is 6.42 Å². The molecule has 2 aromatic carbocycles. The lowest BCUT2D eigenvalue weighted by molar-refractivity contribution is 0.478. The fourth-order valence-corrected chi connectivity index (χ4v) is 2.62. The van der Waals surface area contributed by atoms with Crippen molar-refractivity contribution in [3.63, 3.8) is 0 Å². The Labute approximate surface area is 152 Å². The molecule has 0 aliphatic rings. The second kappa shape index (κ2) is 7.27. The van der Waals surface area contributed by atoms with E-state index in [0.29, 0.717) is 23.5 Å². The van der Waals surface area contributed by atoms with Crippen molar-refractivity contribution in [1.82, 2.24) is 10.2 Å². The monoisotopic (exact) mass is 429 g/mol. The number of aromatic amines is 1. The molecule has 0 saturated heterocycles. The molecular formula is C18H12IN3O2. The van der Waals surface area contributed by atoms with Crippen LogP contribution in [0.2, 0.25) is 0 Å². The average Bonchev–Trinajstić information content (AvgIpc) is 2.60. The summed E-state index contributed by atoms with van der Waals surface area (Å²) in [6.07, 6.45) is 0.586. The second-order valence-corrected chi connectivity index (χ2v) is 6.26. The molecule has 0 radical (unpaired) electrons. The molecule has 5 nitrogen and oxygen atoms in total. The Bertz CT molecular complexity index is 956. The highest BCUT2D eigenvalue weighted by Gasteiger charge is 2.07. The number of halogens is 1. The van der Waals surface area contributed by atoms with Gasteiger partial charge in [0.25, 0.3) is 5.56 Å². The highest BCUT2D eigenvalue weighted by Crippen LogP contribution is 2.28. The van der Waals surface area contributed by atoms with Crippen LogP contribution in [0.1, 0.15) is 16.8 Å². The van der Waals surface area contributed by atoms with E-state index in [1.54, 1.807) is 24.3 Å². The maximum absolute atomic E-state index is 11.1. The minimum Gasteiger partial charge on any atom is -0.456 e. The fraction of sp³-hybridized carbons (Fsp3) is 0.0556. The Morgan fingerprint density at radius 3 is 2.79 bits per heavy atom. The van der Waals surface area contributed by atoms with Crippen molar-refractivity contribution in [2.24, 2.45) is 0 Å². The highest BCUT2D eigenvalue weighted by atomic mass is 127. The van der Waals surface area contributed by atoms with E-state index in [0.717, 1.165) is 14.8 Å². The molecule has 0 unspecified atom stereocenters. The van der Waals surface area contributed by atoms with Crippen LogP contribution in [0.5, 0.6) is 11.5 Å². The Balaban J connectivity index is 1.84. The lowest BCUT2D eigenvalue weighted by atomic mass is 10.1.